The number of carbonyl (C=O) groups is 2. The maximum Gasteiger partial charge on any atom is 0.325 e. The van der Waals surface area contributed by atoms with Gasteiger partial charge < -0.3 is 10.6 Å². The van der Waals surface area contributed by atoms with Gasteiger partial charge in [0.2, 0.25) is 0 Å². The first kappa shape index (κ1) is 18.6. The minimum atomic E-state index is -0.406. The zero-order valence-corrected chi connectivity index (χ0v) is 16.1. The molecule has 3 aromatic rings. The van der Waals surface area contributed by atoms with Crippen LogP contribution >= 0.6 is 11.3 Å². The van der Waals surface area contributed by atoms with Gasteiger partial charge in [-0.05, 0) is 50.1 Å². The third kappa shape index (κ3) is 4.51. The highest BCUT2D eigenvalue weighted by Crippen LogP contribution is 2.25. The van der Waals surface area contributed by atoms with E-state index in [2.05, 4.69) is 20.9 Å². The van der Waals surface area contributed by atoms with Crippen LogP contribution < -0.4 is 16.0 Å². The van der Waals surface area contributed by atoms with Crippen molar-refractivity contribution in [3.63, 3.8) is 0 Å². The number of urea groups is 1. The van der Waals surface area contributed by atoms with Gasteiger partial charge in [-0.15, -0.1) is 0 Å². The number of aromatic nitrogens is 1. The van der Waals surface area contributed by atoms with Gasteiger partial charge in [-0.3, -0.25) is 10.1 Å². The van der Waals surface area contributed by atoms with E-state index >= 15 is 0 Å². The van der Waals surface area contributed by atoms with Gasteiger partial charge in [-0.1, -0.05) is 41.7 Å². The van der Waals surface area contributed by atoms with E-state index in [0.717, 1.165) is 28.2 Å². The highest BCUT2D eigenvalue weighted by molar-refractivity contribution is 7.17. The van der Waals surface area contributed by atoms with Crippen LogP contribution in [0.2, 0.25) is 0 Å². The molecule has 0 atom stereocenters. The zero-order chi connectivity index (χ0) is 19.4. The molecular weight excluding hydrogens is 360 g/mol. The Morgan fingerprint density at radius 1 is 0.889 bits per heavy atom. The van der Waals surface area contributed by atoms with Crippen molar-refractivity contribution in [2.45, 2.75) is 20.8 Å². The second kappa shape index (κ2) is 8.01. The van der Waals surface area contributed by atoms with Gasteiger partial charge in [0.05, 0.1) is 5.69 Å². The van der Waals surface area contributed by atoms with Crippen LogP contribution in [0.25, 0.3) is 0 Å². The lowest BCUT2D eigenvalue weighted by molar-refractivity contribution is 0.102. The summed E-state index contributed by atoms with van der Waals surface area (Å²) in [6.07, 6.45) is 0. The second-order valence-electron chi connectivity index (χ2n) is 6.08. The van der Waals surface area contributed by atoms with Crippen LogP contribution in [0, 0.1) is 20.8 Å². The first-order valence-corrected chi connectivity index (χ1v) is 9.23. The fraction of sp³-hybridized carbons (Fsp3) is 0.150. The van der Waals surface area contributed by atoms with Crippen molar-refractivity contribution < 1.29 is 9.59 Å². The highest BCUT2D eigenvalue weighted by atomic mass is 32.1. The van der Waals surface area contributed by atoms with E-state index in [1.54, 1.807) is 19.1 Å². The molecule has 0 aliphatic rings. The first-order valence-electron chi connectivity index (χ1n) is 8.42. The van der Waals surface area contributed by atoms with E-state index in [0.29, 0.717) is 21.4 Å². The number of hydrogen-bond acceptors (Lipinski definition) is 4. The molecule has 3 rings (SSSR count). The van der Waals surface area contributed by atoms with Crippen LogP contribution in [0.5, 0.6) is 0 Å². The van der Waals surface area contributed by atoms with Gasteiger partial charge >= 0.3 is 6.03 Å². The van der Waals surface area contributed by atoms with Gasteiger partial charge in [0, 0.05) is 11.4 Å². The maximum atomic E-state index is 12.6. The van der Waals surface area contributed by atoms with Crippen LogP contribution in [-0.2, 0) is 0 Å². The fourth-order valence-electron chi connectivity index (χ4n) is 2.51. The van der Waals surface area contributed by atoms with Crippen molar-refractivity contribution in [3.8, 4) is 0 Å². The molecule has 6 nitrogen and oxygen atoms in total. The van der Waals surface area contributed by atoms with E-state index in [9.17, 15) is 9.59 Å². The number of aryl methyl sites for hydroxylation is 2. The van der Waals surface area contributed by atoms with Gasteiger partial charge in [0.15, 0.2) is 5.13 Å². The van der Waals surface area contributed by atoms with Crippen molar-refractivity contribution in [2.24, 2.45) is 0 Å². The number of para-hydroxylation sites is 1. The van der Waals surface area contributed by atoms with Crippen molar-refractivity contribution in [1.29, 1.82) is 0 Å². The summed E-state index contributed by atoms with van der Waals surface area (Å²) >= 11 is 1.14. The Hall–Kier alpha value is -3.19. The number of nitrogens with zero attached hydrogens (tertiary/aromatic N) is 1. The normalized spacial score (nSPS) is 10.3. The molecule has 1 heterocycles. The Labute approximate surface area is 161 Å². The number of carbonyl (C=O) groups excluding carboxylic acids is 2. The number of rotatable bonds is 4. The van der Waals surface area contributed by atoms with E-state index < -0.39 is 6.03 Å². The summed E-state index contributed by atoms with van der Waals surface area (Å²) in [5.74, 6) is -0.241. The third-order valence-corrected chi connectivity index (χ3v) is 5.18. The number of amides is 3. The molecule has 1 aromatic heterocycles. The molecule has 0 unspecified atom stereocenters. The Kier molecular flexibility index (Phi) is 5.52. The van der Waals surface area contributed by atoms with E-state index in [4.69, 9.17) is 0 Å². The molecule has 0 spiro atoms. The summed E-state index contributed by atoms with van der Waals surface area (Å²) < 4.78 is 0. The van der Waals surface area contributed by atoms with Gasteiger partial charge in [0.1, 0.15) is 4.88 Å². The number of hydrogen-bond donors (Lipinski definition) is 3. The van der Waals surface area contributed by atoms with Crippen LogP contribution in [0.1, 0.15) is 26.5 Å². The topological polar surface area (TPSA) is 83.1 Å². The summed E-state index contributed by atoms with van der Waals surface area (Å²) in [6.45, 7) is 5.70. The summed E-state index contributed by atoms with van der Waals surface area (Å²) in [4.78, 5) is 29.5. The van der Waals surface area contributed by atoms with Crippen LogP contribution in [0.3, 0.4) is 0 Å². The fourth-order valence-corrected chi connectivity index (χ4v) is 3.36. The van der Waals surface area contributed by atoms with Crippen molar-refractivity contribution in [2.75, 3.05) is 16.0 Å². The standard InChI is InChI=1S/C20H20N4O2S/c1-12-8-7-11-16(13(12)2)23-18(25)17-14(3)21-20(27-17)24-19(26)22-15-9-5-4-6-10-15/h4-11H,1-3H3,(H,23,25)(H2,21,22,24,26). The summed E-state index contributed by atoms with van der Waals surface area (Å²) in [5.41, 5.74) is 4.14. The molecule has 0 radical (unpaired) electrons. The van der Waals surface area contributed by atoms with Crippen molar-refractivity contribution in [3.05, 3.63) is 70.2 Å². The lowest BCUT2D eigenvalue weighted by Gasteiger charge is -2.09. The number of benzene rings is 2. The molecule has 0 saturated heterocycles. The van der Waals surface area contributed by atoms with E-state index in [-0.39, 0.29) is 5.91 Å². The Morgan fingerprint density at radius 2 is 1.63 bits per heavy atom. The molecule has 3 N–H and O–H groups in total. The smallest absolute Gasteiger partial charge is 0.321 e. The predicted molar refractivity (Wildman–Crippen MR) is 110 cm³/mol. The number of thiazole rings is 1. The summed E-state index contributed by atoms with van der Waals surface area (Å²) in [7, 11) is 0. The van der Waals surface area contributed by atoms with Crippen LogP contribution in [0.15, 0.2) is 48.5 Å². The summed E-state index contributed by atoms with van der Waals surface area (Å²) in [6, 6.07) is 14.5. The molecule has 27 heavy (non-hydrogen) atoms. The molecule has 0 aliphatic carbocycles. The molecule has 0 saturated carbocycles. The van der Waals surface area contributed by atoms with Crippen molar-refractivity contribution >= 4 is 39.8 Å². The maximum absolute atomic E-state index is 12.6. The SMILES string of the molecule is Cc1cccc(NC(=O)c2sc(NC(=O)Nc3ccccc3)nc2C)c1C. The van der Waals surface area contributed by atoms with Gasteiger partial charge in [-0.25, -0.2) is 9.78 Å². The van der Waals surface area contributed by atoms with Crippen molar-refractivity contribution in [1.82, 2.24) is 4.98 Å². The lowest BCUT2D eigenvalue weighted by atomic mass is 10.1. The molecular formula is C20H20N4O2S. The zero-order valence-electron chi connectivity index (χ0n) is 15.3. The first-order chi connectivity index (χ1) is 12.9. The predicted octanol–water partition coefficient (Wildman–Crippen LogP) is 4.96. The lowest BCUT2D eigenvalue weighted by Crippen LogP contribution is -2.19. The number of nitrogens with one attached hydrogen (secondary N) is 3. The molecule has 2 aromatic carbocycles. The van der Waals surface area contributed by atoms with E-state index in [1.807, 2.05) is 50.2 Å². The average Bonchev–Trinajstić information content (AvgIpc) is 3.00. The second-order valence-corrected chi connectivity index (χ2v) is 7.08. The quantitative estimate of drug-likeness (QED) is 0.598. The largest absolute Gasteiger partial charge is 0.325 e. The molecule has 0 fully saturated rings. The third-order valence-electron chi connectivity index (χ3n) is 4.11. The minimum Gasteiger partial charge on any atom is -0.321 e. The van der Waals surface area contributed by atoms with Crippen LogP contribution in [0.4, 0.5) is 21.3 Å². The molecule has 138 valence electrons. The van der Waals surface area contributed by atoms with E-state index in [1.165, 1.54) is 0 Å². The highest BCUT2D eigenvalue weighted by Gasteiger charge is 2.17. The number of anilines is 3. The summed E-state index contributed by atoms with van der Waals surface area (Å²) in [5, 5.41) is 8.67. The molecule has 0 bridgehead atoms. The molecule has 3 amide bonds. The Bertz CT molecular complexity index is 983. The Balaban J connectivity index is 1.69. The average molecular weight is 380 g/mol. The van der Waals surface area contributed by atoms with Crippen LogP contribution in [-0.4, -0.2) is 16.9 Å². The van der Waals surface area contributed by atoms with Gasteiger partial charge in [-0.2, -0.15) is 0 Å². The molecule has 0 aliphatic heterocycles. The molecule has 7 heteroatoms. The minimum absolute atomic E-state index is 0.241. The monoisotopic (exact) mass is 380 g/mol. The Morgan fingerprint density at radius 3 is 2.37 bits per heavy atom. The van der Waals surface area contributed by atoms with Gasteiger partial charge in [0.25, 0.3) is 5.91 Å².